The summed E-state index contributed by atoms with van der Waals surface area (Å²) in [6, 6.07) is 25.5. The van der Waals surface area contributed by atoms with Crippen LogP contribution in [0.25, 0.3) is 11.1 Å². The largest absolute Gasteiger partial charge is 0.506 e. The number of aliphatic hydroxyl groups is 1. The van der Waals surface area contributed by atoms with Gasteiger partial charge in [-0.15, -0.1) is 0 Å². The van der Waals surface area contributed by atoms with Gasteiger partial charge in [0, 0.05) is 28.7 Å². The van der Waals surface area contributed by atoms with Crippen molar-refractivity contribution in [2.24, 2.45) is 5.10 Å². The van der Waals surface area contributed by atoms with E-state index in [1.165, 1.54) is 18.2 Å². The topological polar surface area (TPSA) is 103 Å². The lowest BCUT2D eigenvalue weighted by molar-refractivity contribution is 0.0955. The summed E-state index contributed by atoms with van der Waals surface area (Å²) < 4.78 is 6.25. The molecule has 4 aromatic carbocycles. The van der Waals surface area contributed by atoms with Crippen molar-refractivity contribution in [2.45, 2.75) is 19.4 Å². The summed E-state index contributed by atoms with van der Waals surface area (Å²) in [4.78, 5) is 12.4. The number of hydrogen-bond donors (Lipinski definition) is 4. The van der Waals surface area contributed by atoms with Crippen LogP contribution in [-0.4, -0.2) is 48.1 Å². The molecule has 0 saturated heterocycles. The number of halogens is 2. The van der Waals surface area contributed by atoms with Crippen molar-refractivity contribution in [3.8, 4) is 22.6 Å². The number of nitrogens with zero attached hydrogens (tertiary/aromatic N) is 1. The minimum absolute atomic E-state index is 0.00126. The number of ether oxygens (including phenoxy) is 1. The molecule has 0 fully saturated rings. The summed E-state index contributed by atoms with van der Waals surface area (Å²) in [5, 5.41) is 27.6. The molecule has 0 aliphatic carbocycles. The van der Waals surface area contributed by atoms with Crippen LogP contribution >= 0.6 is 23.2 Å². The number of carbonyl (C=O) groups excluding carboxylic acids is 1. The number of benzene rings is 4. The third kappa shape index (κ3) is 8.55. The first-order valence-corrected chi connectivity index (χ1v) is 13.8. The maximum atomic E-state index is 12.4. The second-order valence-electron chi connectivity index (χ2n) is 9.46. The summed E-state index contributed by atoms with van der Waals surface area (Å²) in [5.74, 6) is 0.198. The molecule has 4 N–H and O–H groups in total. The third-order valence-electron chi connectivity index (χ3n) is 6.37. The highest BCUT2D eigenvalue weighted by atomic mass is 35.5. The van der Waals surface area contributed by atoms with Gasteiger partial charge in [-0.3, -0.25) is 4.79 Å². The molecule has 0 aliphatic rings. The molecule has 0 bridgehead atoms. The van der Waals surface area contributed by atoms with Crippen LogP contribution in [0.5, 0.6) is 11.5 Å². The predicted octanol–water partition coefficient (Wildman–Crippen LogP) is 6.01. The van der Waals surface area contributed by atoms with Crippen molar-refractivity contribution in [2.75, 3.05) is 19.8 Å². The number of phenolic OH excluding ortho intramolecular Hbond substituents is 1. The number of phenols is 1. The standard InChI is InChI=1S/C32H31Cl2N3O4/c1-21-15-23(19-36-37-32(40)25-9-12-30(39)29(34)18-25)17-28(24-5-3-2-4-6-24)31(21)41-14-13-35-27(20-38)16-22-7-10-26(33)11-8-22/h2-12,15,17-19,27,35,38-39H,13-14,16,20H2,1H3,(H,37,40)/b36-19-. The second-order valence-corrected chi connectivity index (χ2v) is 10.3. The van der Waals surface area contributed by atoms with Gasteiger partial charge in [0.15, 0.2) is 0 Å². The zero-order chi connectivity index (χ0) is 29.2. The monoisotopic (exact) mass is 591 g/mol. The lowest BCUT2D eigenvalue weighted by atomic mass is 9.99. The van der Waals surface area contributed by atoms with E-state index in [1.54, 1.807) is 6.21 Å². The van der Waals surface area contributed by atoms with E-state index in [1.807, 2.05) is 73.7 Å². The number of aromatic hydroxyl groups is 1. The number of aliphatic hydroxyl groups excluding tert-OH is 1. The van der Waals surface area contributed by atoms with Gasteiger partial charge in [-0.25, -0.2) is 5.43 Å². The molecule has 212 valence electrons. The Hall–Kier alpha value is -3.88. The van der Waals surface area contributed by atoms with Crippen LogP contribution in [0.3, 0.4) is 0 Å². The number of rotatable bonds is 12. The quantitative estimate of drug-likeness (QED) is 0.0917. The normalized spacial score (nSPS) is 11.9. The van der Waals surface area contributed by atoms with Crippen molar-refractivity contribution in [3.05, 3.63) is 117 Å². The van der Waals surface area contributed by atoms with Crippen molar-refractivity contribution >= 4 is 35.3 Å². The Morgan fingerprint density at radius 1 is 1.02 bits per heavy atom. The number of aryl methyl sites for hydroxylation is 1. The highest BCUT2D eigenvalue weighted by Crippen LogP contribution is 2.34. The number of carbonyl (C=O) groups is 1. The van der Waals surface area contributed by atoms with E-state index in [0.29, 0.717) is 24.6 Å². The Morgan fingerprint density at radius 2 is 1.78 bits per heavy atom. The lowest BCUT2D eigenvalue weighted by Gasteiger charge is -2.19. The van der Waals surface area contributed by atoms with Gasteiger partial charge in [0.05, 0.1) is 17.8 Å². The van der Waals surface area contributed by atoms with Crippen LogP contribution in [-0.2, 0) is 6.42 Å². The molecule has 0 aliphatic heterocycles. The molecule has 1 atom stereocenters. The first kappa shape index (κ1) is 30.1. The Balaban J connectivity index is 1.43. The summed E-state index contributed by atoms with van der Waals surface area (Å²) in [7, 11) is 0. The van der Waals surface area contributed by atoms with E-state index in [2.05, 4.69) is 15.8 Å². The molecular weight excluding hydrogens is 561 g/mol. The molecule has 1 amide bonds. The van der Waals surface area contributed by atoms with Gasteiger partial charge in [0.25, 0.3) is 5.91 Å². The molecule has 9 heteroatoms. The summed E-state index contributed by atoms with van der Waals surface area (Å²) in [5.41, 5.74) is 7.41. The van der Waals surface area contributed by atoms with E-state index in [4.69, 9.17) is 27.9 Å². The number of nitrogens with one attached hydrogen (secondary N) is 2. The fourth-order valence-electron chi connectivity index (χ4n) is 4.30. The Bertz CT molecular complexity index is 1500. The lowest BCUT2D eigenvalue weighted by Crippen LogP contribution is -2.37. The first-order valence-electron chi connectivity index (χ1n) is 13.1. The average Bonchev–Trinajstić information content (AvgIpc) is 2.98. The van der Waals surface area contributed by atoms with Crippen LogP contribution in [0, 0.1) is 6.92 Å². The van der Waals surface area contributed by atoms with Crippen molar-refractivity contribution in [3.63, 3.8) is 0 Å². The molecule has 0 spiro atoms. The molecule has 0 saturated carbocycles. The van der Waals surface area contributed by atoms with Gasteiger partial charge in [-0.2, -0.15) is 5.10 Å². The van der Waals surface area contributed by atoms with Crippen molar-refractivity contribution in [1.29, 1.82) is 0 Å². The van der Waals surface area contributed by atoms with Crippen LogP contribution in [0.1, 0.15) is 27.0 Å². The molecule has 4 rings (SSSR count). The fourth-order valence-corrected chi connectivity index (χ4v) is 4.61. The van der Waals surface area contributed by atoms with Gasteiger partial charge in [0.1, 0.15) is 18.1 Å². The van der Waals surface area contributed by atoms with E-state index >= 15 is 0 Å². The van der Waals surface area contributed by atoms with E-state index in [-0.39, 0.29) is 29.0 Å². The smallest absolute Gasteiger partial charge is 0.271 e. The molecule has 0 heterocycles. The molecular formula is C32H31Cl2N3O4. The molecule has 41 heavy (non-hydrogen) atoms. The highest BCUT2D eigenvalue weighted by molar-refractivity contribution is 6.32. The van der Waals surface area contributed by atoms with Crippen LogP contribution in [0.2, 0.25) is 10.0 Å². The van der Waals surface area contributed by atoms with Crippen molar-refractivity contribution < 1.29 is 19.7 Å². The molecule has 0 radical (unpaired) electrons. The molecule has 4 aromatic rings. The maximum Gasteiger partial charge on any atom is 0.271 e. The van der Waals surface area contributed by atoms with E-state index in [9.17, 15) is 15.0 Å². The summed E-state index contributed by atoms with van der Waals surface area (Å²) >= 11 is 11.9. The first-order chi connectivity index (χ1) is 19.8. The number of hydrogen-bond acceptors (Lipinski definition) is 6. The van der Waals surface area contributed by atoms with Crippen molar-refractivity contribution in [1.82, 2.24) is 10.7 Å². The SMILES string of the molecule is Cc1cc(/C=N\NC(=O)c2ccc(O)c(Cl)c2)cc(-c2ccccc2)c1OCCNC(CO)Cc1ccc(Cl)cc1. The van der Waals surface area contributed by atoms with Crippen LogP contribution < -0.4 is 15.5 Å². The molecule has 0 aromatic heterocycles. The zero-order valence-corrected chi connectivity index (χ0v) is 24.0. The molecule has 7 nitrogen and oxygen atoms in total. The van der Waals surface area contributed by atoms with Gasteiger partial charge in [-0.1, -0.05) is 65.7 Å². The predicted molar refractivity (Wildman–Crippen MR) is 164 cm³/mol. The van der Waals surface area contributed by atoms with E-state index in [0.717, 1.165) is 33.6 Å². The summed E-state index contributed by atoms with van der Waals surface area (Å²) in [6.07, 6.45) is 2.24. The minimum Gasteiger partial charge on any atom is -0.506 e. The van der Waals surface area contributed by atoms with Gasteiger partial charge < -0.3 is 20.3 Å². The highest BCUT2D eigenvalue weighted by Gasteiger charge is 2.13. The Kier molecular flexibility index (Phi) is 10.8. The minimum atomic E-state index is -0.451. The summed E-state index contributed by atoms with van der Waals surface area (Å²) in [6.45, 7) is 2.90. The average molecular weight is 593 g/mol. The number of amides is 1. The molecule has 1 unspecified atom stereocenters. The van der Waals surface area contributed by atoms with E-state index < -0.39 is 5.91 Å². The van der Waals surface area contributed by atoms with Crippen LogP contribution in [0.4, 0.5) is 0 Å². The van der Waals surface area contributed by atoms with Gasteiger partial charge in [-0.05, 0) is 78.1 Å². The Morgan fingerprint density at radius 3 is 2.49 bits per heavy atom. The second kappa shape index (κ2) is 14.7. The number of hydrazone groups is 1. The van der Waals surface area contributed by atoms with Gasteiger partial charge >= 0.3 is 0 Å². The zero-order valence-electron chi connectivity index (χ0n) is 22.5. The third-order valence-corrected chi connectivity index (χ3v) is 6.92. The Labute approximate surface area is 249 Å². The van der Waals surface area contributed by atoms with Gasteiger partial charge in [0.2, 0.25) is 0 Å². The van der Waals surface area contributed by atoms with Crippen LogP contribution in [0.15, 0.2) is 90.0 Å². The maximum absolute atomic E-state index is 12.4. The fraction of sp³-hybridized carbons (Fsp3) is 0.188.